The Hall–Kier alpha value is -0.930. The Balaban J connectivity index is 2.09. The van der Waals surface area contributed by atoms with Crippen LogP contribution in [0.1, 0.15) is 23.7 Å². The van der Waals surface area contributed by atoms with Gasteiger partial charge in [-0.2, -0.15) is 0 Å². The molecule has 76 valence electrons. The summed E-state index contributed by atoms with van der Waals surface area (Å²) in [5.41, 5.74) is 8.35. The number of hydrogen-bond acceptors (Lipinski definition) is 3. The molecular weight excluding hydrogens is 174 g/mol. The van der Waals surface area contributed by atoms with Crippen LogP contribution in [0.4, 0.5) is 0 Å². The highest BCUT2D eigenvalue weighted by Gasteiger charge is 2.23. The Morgan fingerprint density at radius 2 is 2.43 bits per heavy atom. The van der Waals surface area contributed by atoms with E-state index in [1.54, 1.807) is 0 Å². The Kier molecular flexibility index (Phi) is 2.79. The van der Waals surface area contributed by atoms with Crippen LogP contribution in [0.15, 0.2) is 18.3 Å². The van der Waals surface area contributed by atoms with Gasteiger partial charge in [-0.1, -0.05) is 6.07 Å². The first-order valence-corrected chi connectivity index (χ1v) is 5.16. The van der Waals surface area contributed by atoms with Crippen LogP contribution < -0.4 is 11.1 Å². The normalized spacial score (nSPS) is 23.7. The number of hydrogen-bond donors (Lipinski definition) is 2. The van der Waals surface area contributed by atoms with Crippen molar-refractivity contribution in [3.8, 4) is 0 Å². The zero-order chi connectivity index (χ0) is 9.97. The molecule has 2 heterocycles. The number of aryl methyl sites for hydroxylation is 1. The minimum absolute atomic E-state index is 0.0885. The van der Waals surface area contributed by atoms with Gasteiger partial charge in [-0.25, -0.2) is 0 Å². The molecule has 0 saturated carbocycles. The minimum Gasteiger partial charge on any atom is -0.322 e. The number of nitrogens with one attached hydrogen (secondary N) is 1. The Morgan fingerprint density at radius 1 is 1.57 bits per heavy atom. The molecule has 0 spiro atoms. The van der Waals surface area contributed by atoms with Crippen molar-refractivity contribution >= 4 is 0 Å². The summed E-state index contributed by atoms with van der Waals surface area (Å²) >= 11 is 0. The third-order valence-corrected chi connectivity index (χ3v) is 2.88. The molecule has 1 aliphatic rings. The van der Waals surface area contributed by atoms with Crippen LogP contribution in [-0.4, -0.2) is 18.1 Å². The van der Waals surface area contributed by atoms with E-state index >= 15 is 0 Å². The molecule has 14 heavy (non-hydrogen) atoms. The number of nitrogens with zero attached hydrogens (tertiary/aromatic N) is 1. The van der Waals surface area contributed by atoms with E-state index in [0.717, 1.165) is 25.2 Å². The lowest BCUT2D eigenvalue weighted by Gasteiger charge is -2.17. The maximum Gasteiger partial charge on any atom is 0.0574 e. The number of pyridine rings is 1. The summed E-state index contributed by atoms with van der Waals surface area (Å²) in [5, 5.41) is 3.33. The van der Waals surface area contributed by atoms with Crippen LogP contribution in [-0.2, 0) is 0 Å². The van der Waals surface area contributed by atoms with E-state index in [9.17, 15) is 0 Å². The summed E-state index contributed by atoms with van der Waals surface area (Å²) in [4.78, 5) is 4.37. The van der Waals surface area contributed by atoms with Crippen molar-refractivity contribution in [2.75, 3.05) is 13.1 Å². The summed E-state index contributed by atoms with van der Waals surface area (Å²) in [6.45, 7) is 4.15. The van der Waals surface area contributed by atoms with Crippen LogP contribution in [0, 0.1) is 12.8 Å². The predicted molar refractivity (Wildman–Crippen MR) is 56.9 cm³/mol. The van der Waals surface area contributed by atoms with Crippen LogP contribution in [0.3, 0.4) is 0 Å². The van der Waals surface area contributed by atoms with Crippen molar-refractivity contribution in [1.29, 1.82) is 0 Å². The van der Waals surface area contributed by atoms with E-state index in [1.165, 1.54) is 5.56 Å². The van der Waals surface area contributed by atoms with Crippen molar-refractivity contribution < 1.29 is 0 Å². The Morgan fingerprint density at radius 3 is 3.00 bits per heavy atom. The molecular formula is C11H17N3. The maximum absolute atomic E-state index is 6.15. The van der Waals surface area contributed by atoms with Gasteiger partial charge in [0.15, 0.2) is 0 Å². The molecule has 1 aromatic heterocycles. The molecule has 3 nitrogen and oxygen atoms in total. The van der Waals surface area contributed by atoms with Crippen molar-refractivity contribution in [3.05, 3.63) is 29.6 Å². The highest BCUT2D eigenvalue weighted by Crippen LogP contribution is 2.22. The smallest absolute Gasteiger partial charge is 0.0574 e. The molecule has 0 aliphatic carbocycles. The van der Waals surface area contributed by atoms with E-state index < -0.39 is 0 Å². The van der Waals surface area contributed by atoms with Gasteiger partial charge in [0.05, 0.1) is 11.7 Å². The largest absolute Gasteiger partial charge is 0.322 e. The minimum atomic E-state index is 0.0885. The van der Waals surface area contributed by atoms with Gasteiger partial charge in [0.25, 0.3) is 0 Å². The first-order chi connectivity index (χ1) is 6.77. The lowest BCUT2D eigenvalue weighted by atomic mass is 9.96. The van der Waals surface area contributed by atoms with Crippen LogP contribution >= 0.6 is 0 Å². The monoisotopic (exact) mass is 191 g/mol. The van der Waals surface area contributed by atoms with Gasteiger partial charge in [-0.05, 0) is 44.0 Å². The van der Waals surface area contributed by atoms with Gasteiger partial charge in [0.1, 0.15) is 0 Å². The quantitative estimate of drug-likeness (QED) is 0.733. The lowest BCUT2D eigenvalue weighted by Crippen LogP contribution is -2.24. The number of aromatic nitrogens is 1. The fourth-order valence-corrected chi connectivity index (χ4v) is 1.90. The molecule has 1 fully saturated rings. The van der Waals surface area contributed by atoms with E-state index in [4.69, 9.17) is 5.73 Å². The fourth-order valence-electron chi connectivity index (χ4n) is 1.90. The molecule has 0 radical (unpaired) electrons. The predicted octanol–water partition coefficient (Wildman–Crippen LogP) is 0.999. The summed E-state index contributed by atoms with van der Waals surface area (Å²) in [7, 11) is 0. The van der Waals surface area contributed by atoms with Crippen LogP contribution in [0.2, 0.25) is 0 Å². The molecule has 3 heteroatoms. The molecule has 0 aromatic carbocycles. The second-order valence-corrected chi connectivity index (χ2v) is 4.04. The van der Waals surface area contributed by atoms with E-state index in [0.29, 0.717) is 5.92 Å². The SMILES string of the molecule is Cc1ccc(C(N)C2CCNC2)nc1. The highest BCUT2D eigenvalue weighted by molar-refractivity contribution is 5.15. The maximum atomic E-state index is 6.15. The van der Waals surface area contributed by atoms with E-state index in [-0.39, 0.29) is 6.04 Å². The van der Waals surface area contributed by atoms with Crippen molar-refractivity contribution in [1.82, 2.24) is 10.3 Å². The van der Waals surface area contributed by atoms with Crippen molar-refractivity contribution in [2.45, 2.75) is 19.4 Å². The topological polar surface area (TPSA) is 50.9 Å². The molecule has 1 aliphatic heterocycles. The zero-order valence-electron chi connectivity index (χ0n) is 8.53. The molecule has 2 atom stereocenters. The van der Waals surface area contributed by atoms with Gasteiger partial charge in [-0.15, -0.1) is 0 Å². The summed E-state index contributed by atoms with van der Waals surface area (Å²) in [5.74, 6) is 0.546. The first kappa shape index (κ1) is 9.62. The number of nitrogens with two attached hydrogens (primary N) is 1. The molecule has 0 amide bonds. The molecule has 0 bridgehead atoms. The van der Waals surface area contributed by atoms with Gasteiger partial charge >= 0.3 is 0 Å². The third kappa shape index (κ3) is 1.94. The first-order valence-electron chi connectivity index (χ1n) is 5.16. The molecule has 2 rings (SSSR count). The molecule has 1 aromatic rings. The average molecular weight is 191 g/mol. The molecule has 1 saturated heterocycles. The van der Waals surface area contributed by atoms with Crippen molar-refractivity contribution in [2.24, 2.45) is 11.7 Å². The zero-order valence-corrected chi connectivity index (χ0v) is 8.53. The standard InChI is InChI=1S/C11H17N3/c1-8-2-3-10(14-6-8)11(12)9-4-5-13-7-9/h2-3,6,9,11,13H,4-5,7,12H2,1H3. The number of rotatable bonds is 2. The summed E-state index contributed by atoms with van der Waals surface area (Å²) in [6, 6.07) is 4.20. The summed E-state index contributed by atoms with van der Waals surface area (Å²) in [6.07, 6.45) is 3.05. The highest BCUT2D eigenvalue weighted by atomic mass is 14.9. The van der Waals surface area contributed by atoms with Gasteiger partial charge in [-0.3, -0.25) is 4.98 Å². The average Bonchev–Trinajstić information content (AvgIpc) is 2.71. The van der Waals surface area contributed by atoms with Crippen LogP contribution in [0.5, 0.6) is 0 Å². The Bertz CT molecular complexity index is 288. The second-order valence-electron chi connectivity index (χ2n) is 4.04. The second kappa shape index (κ2) is 4.07. The van der Waals surface area contributed by atoms with Crippen LogP contribution in [0.25, 0.3) is 0 Å². The van der Waals surface area contributed by atoms with Gasteiger partial charge in [0, 0.05) is 6.20 Å². The molecule has 2 unspecified atom stereocenters. The lowest BCUT2D eigenvalue weighted by molar-refractivity contribution is 0.461. The van der Waals surface area contributed by atoms with E-state index in [1.807, 2.05) is 19.2 Å². The van der Waals surface area contributed by atoms with E-state index in [2.05, 4.69) is 16.4 Å². The van der Waals surface area contributed by atoms with Gasteiger partial charge in [0.2, 0.25) is 0 Å². The molecule has 3 N–H and O–H groups in total. The van der Waals surface area contributed by atoms with Crippen molar-refractivity contribution in [3.63, 3.8) is 0 Å². The Labute approximate surface area is 84.7 Å². The third-order valence-electron chi connectivity index (χ3n) is 2.88. The van der Waals surface area contributed by atoms with Gasteiger partial charge < -0.3 is 11.1 Å². The fraction of sp³-hybridized carbons (Fsp3) is 0.545. The summed E-state index contributed by atoms with van der Waals surface area (Å²) < 4.78 is 0.